The van der Waals surface area contributed by atoms with E-state index in [1.165, 1.54) is 6.92 Å². The van der Waals surface area contributed by atoms with E-state index in [0.717, 1.165) is 12.0 Å². The van der Waals surface area contributed by atoms with Crippen LogP contribution in [0.3, 0.4) is 0 Å². The van der Waals surface area contributed by atoms with Crippen molar-refractivity contribution < 1.29 is 19.4 Å². The van der Waals surface area contributed by atoms with Gasteiger partial charge in [0.05, 0.1) is 6.61 Å². The third-order valence-corrected chi connectivity index (χ3v) is 4.00. The quantitative estimate of drug-likeness (QED) is 0.754. The minimum absolute atomic E-state index is 0.0177. The topological polar surface area (TPSA) is 75.6 Å². The van der Waals surface area contributed by atoms with Gasteiger partial charge < -0.3 is 9.84 Å². The summed E-state index contributed by atoms with van der Waals surface area (Å²) in [4.78, 5) is 22.9. The minimum atomic E-state index is -0.824. The Morgan fingerprint density at radius 2 is 2.10 bits per heavy atom. The van der Waals surface area contributed by atoms with Gasteiger partial charge in [-0.1, -0.05) is 0 Å². The van der Waals surface area contributed by atoms with Crippen LogP contribution in [-0.2, 0) is 11.3 Å². The number of rotatable bonds is 7. The van der Waals surface area contributed by atoms with Crippen LogP contribution in [0.2, 0.25) is 0 Å². The average molecular weight is 291 g/mol. The zero-order valence-corrected chi connectivity index (χ0v) is 12.4. The van der Waals surface area contributed by atoms with Crippen LogP contribution in [0.5, 0.6) is 5.75 Å². The van der Waals surface area contributed by atoms with Gasteiger partial charge in [0, 0.05) is 17.7 Å². The van der Waals surface area contributed by atoms with Gasteiger partial charge in [0.25, 0.3) is 0 Å². The molecule has 0 saturated heterocycles. The highest BCUT2D eigenvalue weighted by Crippen LogP contribution is 2.33. The summed E-state index contributed by atoms with van der Waals surface area (Å²) in [5.74, 6) is -0.139. The van der Waals surface area contributed by atoms with Crippen molar-refractivity contribution in [2.24, 2.45) is 0 Å². The molecule has 0 aliphatic heterocycles. The number of ether oxygens (including phenoxy) is 1. The Morgan fingerprint density at radius 1 is 1.38 bits per heavy atom. The number of hydrogen-bond acceptors (Lipinski definition) is 4. The van der Waals surface area contributed by atoms with E-state index >= 15 is 0 Å². The van der Waals surface area contributed by atoms with Crippen LogP contribution in [0.4, 0.5) is 0 Å². The predicted molar refractivity (Wildman–Crippen MR) is 78.7 cm³/mol. The molecule has 0 aromatic heterocycles. The van der Waals surface area contributed by atoms with Crippen LogP contribution in [0.25, 0.3) is 0 Å². The number of Topliss-reactive ketones (excluding diaryl/α,β-unsaturated/α-hetero) is 1. The van der Waals surface area contributed by atoms with Gasteiger partial charge in [0.1, 0.15) is 11.3 Å². The smallest absolute Gasteiger partial charge is 0.323 e. The maximum absolute atomic E-state index is 11.5. The molecule has 2 N–H and O–H groups in total. The lowest BCUT2D eigenvalue weighted by atomic mass is 9.76. The third-order valence-electron chi connectivity index (χ3n) is 4.00. The van der Waals surface area contributed by atoms with Gasteiger partial charge in [0.2, 0.25) is 0 Å². The second kappa shape index (κ2) is 6.26. The molecule has 1 saturated carbocycles. The Hall–Kier alpha value is -1.88. The third kappa shape index (κ3) is 3.24. The molecule has 0 unspecified atom stereocenters. The molecule has 5 nitrogen and oxygen atoms in total. The minimum Gasteiger partial charge on any atom is -0.494 e. The molecular weight excluding hydrogens is 270 g/mol. The van der Waals surface area contributed by atoms with E-state index in [4.69, 9.17) is 4.74 Å². The van der Waals surface area contributed by atoms with E-state index in [0.29, 0.717) is 37.3 Å². The summed E-state index contributed by atoms with van der Waals surface area (Å²) in [6.45, 7) is 4.30. The fourth-order valence-corrected chi connectivity index (χ4v) is 2.49. The van der Waals surface area contributed by atoms with Crippen LogP contribution < -0.4 is 10.1 Å². The number of nitrogens with one attached hydrogen (secondary N) is 1. The second-order valence-electron chi connectivity index (χ2n) is 5.41. The molecule has 2 rings (SSSR count). The standard InChI is InChI=1S/C16H21NO4/c1-3-21-14-6-5-12(11(2)18)9-13(14)10-17-16(15(19)20)7-4-8-16/h5-6,9,17H,3-4,7-8,10H2,1-2H3,(H,19,20). The van der Waals surface area contributed by atoms with E-state index in [9.17, 15) is 14.7 Å². The van der Waals surface area contributed by atoms with E-state index in [1.807, 2.05) is 6.92 Å². The van der Waals surface area contributed by atoms with Crippen LogP contribution in [0.15, 0.2) is 18.2 Å². The first-order chi connectivity index (χ1) is 9.98. The Morgan fingerprint density at radius 3 is 2.57 bits per heavy atom. The van der Waals surface area contributed by atoms with Crippen LogP contribution >= 0.6 is 0 Å². The van der Waals surface area contributed by atoms with Gasteiger partial charge in [0.15, 0.2) is 5.78 Å². The van der Waals surface area contributed by atoms with Crippen molar-refractivity contribution >= 4 is 11.8 Å². The largest absolute Gasteiger partial charge is 0.494 e. The van der Waals surface area contributed by atoms with Crippen LogP contribution in [-0.4, -0.2) is 29.0 Å². The Kier molecular flexibility index (Phi) is 4.63. The number of carbonyl (C=O) groups is 2. The van der Waals surface area contributed by atoms with Crippen LogP contribution in [0.1, 0.15) is 49.0 Å². The number of carbonyl (C=O) groups excluding carboxylic acids is 1. The molecule has 0 bridgehead atoms. The maximum atomic E-state index is 11.5. The summed E-state index contributed by atoms with van der Waals surface area (Å²) in [7, 11) is 0. The normalized spacial score (nSPS) is 16.1. The lowest BCUT2D eigenvalue weighted by molar-refractivity contribution is -0.148. The highest BCUT2D eigenvalue weighted by molar-refractivity contribution is 5.94. The summed E-state index contributed by atoms with van der Waals surface area (Å²) < 4.78 is 5.55. The molecule has 1 aromatic carbocycles. The highest BCUT2D eigenvalue weighted by atomic mass is 16.5. The molecule has 1 fully saturated rings. The first kappa shape index (κ1) is 15.5. The molecule has 0 spiro atoms. The number of benzene rings is 1. The van der Waals surface area contributed by atoms with Gasteiger partial charge in [-0.15, -0.1) is 0 Å². The Labute approximate surface area is 124 Å². The van der Waals surface area contributed by atoms with Crippen molar-refractivity contribution in [3.8, 4) is 5.75 Å². The maximum Gasteiger partial charge on any atom is 0.323 e. The summed E-state index contributed by atoms with van der Waals surface area (Å²) in [6, 6.07) is 5.27. The molecule has 1 aliphatic carbocycles. The first-order valence-electron chi connectivity index (χ1n) is 7.23. The van der Waals surface area contributed by atoms with Gasteiger partial charge in [-0.2, -0.15) is 0 Å². The van der Waals surface area contributed by atoms with Gasteiger partial charge in [-0.25, -0.2) is 0 Å². The monoisotopic (exact) mass is 291 g/mol. The zero-order chi connectivity index (χ0) is 15.5. The molecule has 0 amide bonds. The number of aliphatic carboxylic acids is 1. The lowest BCUT2D eigenvalue weighted by Crippen LogP contribution is -2.56. The molecule has 114 valence electrons. The van der Waals surface area contributed by atoms with E-state index in [2.05, 4.69) is 5.32 Å². The fraction of sp³-hybridized carbons (Fsp3) is 0.500. The number of carboxylic acids is 1. The molecule has 0 radical (unpaired) electrons. The summed E-state index contributed by atoms with van der Waals surface area (Å²) >= 11 is 0. The first-order valence-corrected chi connectivity index (χ1v) is 7.23. The van der Waals surface area contributed by atoms with E-state index < -0.39 is 11.5 Å². The van der Waals surface area contributed by atoms with Crippen LogP contribution in [0, 0.1) is 0 Å². The van der Waals surface area contributed by atoms with Crippen molar-refractivity contribution in [3.63, 3.8) is 0 Å². The highest BCUT2D eigenvalue weighted by Gasteiger charge is 2.43. The second-order valence-corrected chi connectivity index (χ2v) is 5.41. The molecular formula is C16H21NO4. The van der Waals surface area contributed by atoms with Crippen molar-refractivity contribution in [2.45, 2.75) is 45.2 Å². The van der Waals surface area contributed by atoms with Crippen molar-refractivity contribution in [1.29, 1.82) is 0 Å². The van der Waals surface area contributed by atoms with Gasteiger partial charge >= 0.3 is 5.97 Å². The van der Waals surface area contributed by atoms with Gasteiger partial charge in [-0.05, 0) is 51.3 Å². The molecule has 1 aromatic rings. The number of carboxylic acid groups (broad SMARTS) is 1. The van der Waals surface area contributed by atoms with E-state index in [-0.39, 0.29) is 5.78 Å². The summed E-state index contributed by atoms with van der Waals surface area (Å²) in [6.07, 6.45) is 2.20. The molecule has 21 heavy (non-hydrogen) atoms. The molecule has 5 heteroatoms. The zero-order valence-electron chi connectivity index (χ0n) is 12.4. The number of hydrogen-bond donors (Lipinski definition) is 2. The average Bonchev–Trinajstić information content (AvgIpc) is 2.38. The lowest BCUT2D eigenvalue weighted by Gasteiger charge is -2.38. The SMILES string of the molecule is CCOc1ccc(C(C)=O)cc1CNC1(C(=O)O)CCC1. The molecule has 1 aliphatic rings. The predicted octanol–water partition coefficient (Wildman–Crippen LogP) is 2.38. The van der Waals surface area contributed by atoms with E-state index in [1.54, 1.807) is 18.2 Å². The molecule has 0 heterocycles. The fourth-order valence-electron chi connectivity index (χ4n) is 2.49. The summed E-state index contributed by atoms with van der Waals surface area (Å²) in [5, 5.41) is 12.5. The Bertz CT molecular complexity index is 549. The number of ketones is 1. The van der Waals surface area contributed by atoms with Crippen molar-refractivity contribution in [1.82, 2.24) is 5.32 Å². The Balaban J connectivity index is 2.18. The molecule has 0 atom stereocenters. The van der Waals surface area contributed by atoms with Gasteiger partial charge in [-0.3, -0.25) is 14.9 Å². The van der Waals surface area contributed by atoms with Crippen molar-refractivity contribution in [2.75, 3.05) is 6.61 Å². The summed E-state index contributed by atoms with van der Waals surface area (Å²) in [5.41, 5.74) is 0.598. The van der Waals surface area contributed by atoms with Crippen molar-refractivity contribution in [3.05, 3.63) is 29.3 Å².